The zero-order valence-electron chi connectivity index (χ0n) is 9.71. The van der Waals surface area contributed by atoms with Crippen LogP contribution in [-0.2, 0) is 0 Å². The standard InChI is InChI=1S/C8H16O2.2HNO3/c9-5-7-3-1-2-4-8(7)6-10;2*2-1(3)4/h7-10H,1-6H2;2*(H,2,3,4)/t7-,8+;;. The molecular weight excluding hydrogens is 252 g/mol. The summed E-state index contributed by atoms with van der Waals surface area (Å²) < 4.78 is 0. The molecule has 0 aromatic carbocycles. The number of nitrogens with zero attached hydrogens (tertiary/aromatic N) is 2. The summed E-state index contributed by atoms with van der Waals surface area (Å²) in [6.07, 6.45) is 4.65. The first-order valence-corrected chi connectivity index (χ1v) is 5.23. The Morgan fingerprint density at radius 3 is 1.28 bits per heavy atom. The molecule has 0 aromatic rings. The van der Waals surface area contributed by atoms with E-state index in [4.69, 9.17) is 40.9 Å². The predicted octanol–water partition coefficient (Wildman–Crippen LogP) is 0.0820. The highest BCUT2D eigenvalue weighted by Gasteiger charge is 2.23. The van der Waals surface area contributed by atoms with E-state index >= 15 is 0 Å². The molecule has 1 aliphatic rings. The molecule has 0 unspecified atom stereocenters. The largest absolute Gasteiger partial charge is 0.396 e. The molecule has 4 N–H and O–H groups in total. The van der Waals surface area contributed by atoms with Crippen molar-refractivity contribution >= 4 is 0 Å². The molecule has 1 aliphatic carbocycles. The van der Waals surface area contributed by atoms with Gasteiger partial charge in [0.15, 0.2) is 0 Å². The minimum absolute atomic E-state index is 0.255. The number of rotatable bonds is 2. The van der Waals surface area contributed by atoms with Crippen molar-refractivity contribution in [3.8, 4) is 0 Å². The Morgan fingerprint density at radius 2 is 1.11 bits per heavy atom. The van der Waals surface area contributed by atoms with Crippen molar-refractivity contribution in [3.63, 3.8) is 0 Å². The van der Waals surface area contributed by atoms with Crippen molar-refractivity contribution < 1.29 is 30.8 Å². The molecule has 1 rings (SSSR count). The van der Waals surface area contributed by atoms with Crippen molar-refractivity contribution in [2.45, 2.75) is 25.7 Å². The van der Waals surface area contributed by atoms with Gasteiger partial charge in [-0.25, -0.2) is 0 Å². The first-order valence-electron chi connectivity index (χ1n) is 5.23. The summed E-state index contributed by atoms with van der Waals surface area (Å²) in [6.45, 7) is 0.510. The van der Waals surface area contributed by atoms with Gasteiger partial charge in [0.1, 0.15) is 0 Å². The smallest absolute Gasteiger partial charge is 0.291 e. The molecule has 1 saturated carbocycles. The Balaban J connectivity index is 0. The van der Waals surface area contributed by atoms with Crippen molar-refractivity contribution in [2.75, 3.05) is 13.2 Å². The highest BCUT2D eigenvalue weighted by molar-refractivity contribution is 4.73. The van der Waals surface area contributed by atoms with Crippen LogP contribution < -0.4 is 0 Å². The van der Waals surface area contributed by atoms with E-state index in [1.807, 2.05) is 0 Å². The Kier molecular flexibility index (Phi) is 12.2. The minimum Gasteiger partial charge on any atom is -0.396 e. The molecule has 18 heavy (non-hydrogen) atoms. The fourth-order valence-corrected chi connectivity index (χ4v) is 1.77. The van der Waals surface area contributed by atoms with E-state index in [1.54, 1.807) is 0 Å². The van der Waals surface area contributed by atoms with Crippen LogP contribution in [0.15, 0.2) is 0 Å². The van der Waals surface area contributed by atoms with Crippen LogP contribution in [0.5, 0.6) is 0 Å². The van der Waals surface area contributed by atoms with Gasteiger partial charge in [-0.2, -0.15) is 0 Å². The Labute approximate surface area is 103 Å². The van der Waals surface area contributed by atoms with Crippen LogP contribution in [0, 0.1) is 32.1 Å². The van der Waals surface area contributed by atoms with Gasteiger partial charge in [-0.05, 0) is 24.7 Å². The van der Waals surface area contributed by atoms with Gasteiger partial charge in [0.2, 0.25) is 0 Å². The summed E-state index contributed by atoms with van der Waals surface area (Å²) in [7, 11) is 0. The monoisotopic (exact) mass is 270 g/mol. The van der Waals surface area contributed by atoms with Gasteiger partial charge in [-0.1, -0.05) is 12.8 Å². The van der Waals surface area contributed by atoms with E-state index in [-0.39, 0.29) is 13.2 Å². The van der Waals surface area contributed by atoms with Gasteiger partial charge in [-0.15, -0.1) is 20.2 Å². The van der Waals surface area contributed by atoms with Crippen LogP contribution in [0.1, 0.15) is 25.7 Å². The predicted molar refractivity (Wildman–Crippen MR) is 57.2 cm³/mol. The molecule has 0 spiro atoms. The van der Waals surface area contributed by atoms with Crippen LogP contribution in [-0.4, -0.2) is 44.0 Å². The zero-order chi connectivity index (χ0) is 14.6. The Bertz CT molecular complexity index is 205. The van der Waals surface area contributed by atoms with Crippen LogP contribution in [0.25, 0.3) is 0 Å². The molecule has 0 radical (unpaired) electrons. The van der Waals surface area contributed by atoms with Gasteiger partial charge in [-0.3, -0.25) is 0 Å². The number of hydrogen-bond donors (Lipinski definition) is 4. The molecule has 0 amide bonds. The highest BCUT2D eigenvalue weighted by atomic mass is 16.9. The molecule has 1 fully saturated rings. The van der Waals surface area contributed by atoms with Crippen LogP contribution in [0.2, 0.25) is 0 Å². The lowest BCUT2D eigenvalue weighted by atomic mass is 9.80. The van der Waals surface area contributed by atoms with Crippen LogP contribution in [0.4, 0.5) is 0 Å². The summed E-state index contributed by atoms with van der Waals surface area (Å²) in [4.78, 5) is 16.7. The van der Waals surface area contributed by atoms with E-state index in [0.29, 0.717) is 11.8 Å². The fourth-order valence-electron chi connectivity index (χ4n) is 1.77. The van der Waals surface area contributed by atoms with Gasteiger partial charge in [0.25, 0.3) is 10.2 Å². The normalized spacial score (nSPS) is 21.7. The lowest BCUT2D eigenvalue weighted by molar-refractivity contribution is -0.742. The maximum Gasteiger partial charge on any atom is 0.291 e. The van der Waals surface area contributed by atoms with E-state index in [2.05, 4.69) is 0 Å². The van der Waals surface area contributed by atoms with Crippen LogP contribution >= 0.6 is 0 Å². The van der Waals surface area contributed by atoms with E-state index in [0.717, 1.165) is 12.8 Å². The summed E-state index contributed by atoms with van der Waals surface area (Å²) in [5.41, 5.74) is 0. The maximum absolute atomic E-state index is 8.88. The lowest BCUT2D eigenvalue weighted by Gasteiger charge is -2.28. The Morgan fingerprint density at radius 1 is 0.889 bits per heavy atom. The average molecular weight is 270 g/mol. The van der Waals surface area contributed by atoms with Crippen molar-refractivity contribution in [1.82, 2.24) is 0 Å². The quantitative estimate of drug-likeness (QED) is 0.404. The average Bonchev–Trinajstić information content (AvgIpc) is 2.27. The second-order valence-corrected chi connectivity index (χ2v) is 3.65. The molecule has 10 heteroatoms. The first kappa shape index (κ1) is 18.7. The summed E-state index contributed by atoms with van der Waals surface area (Å²) in [5.74, 6) is 0.748. The van der Waals surface area contributed by atoms with Crippen LogP contribution in [0.3, 0.4) is 0 Å². The summed E-state index contributed by atoms with van der Waals surface area (Å²) in [5, 5.41) is 45.0. The van der Waals surface area contributed by atoms with Crippen molar-refractivity contribution in [2.24, 2.45) is 11.8 Å². The third kappa shape index (κ3) is 14.3. The third-order valence-electron chi connectivity index (χ3n) is 2.54. The molecule has 0 bridgehead atoms. The molecule has 0 saturated heterocycles. The van der Waals surface area contributed by atoms with Crippen molar-refractivity contribution in [3.05, 3.63) is 20.2 Å². The fraction of sp³-hybridized carbons (Fsp3) is 1.00. The van der Waals surface area contributed by atoms with E-state index in [9.17, 15) is 0 Å². The molecule has 2 atom stereocenters. The number of aliphatic hydroxyl groups excluding tert-OH is 2. The second kappa shape index (κ2) is 11.8. The third-order valence-corrected chi connectivity index (χ3v) is 2.54. The molecule has 108 valence electrons. The van der Waals surface area contributed by atoms with Gasteiger partial charge in [0, 0.05) is 13.2 Å². The number of hydrogen-bond acceptors (Lipinski definition) is 6. The zero-order valence-corrected chi connectivity index (χ0v) is 9.71. The Hall–Kier alpha value is -1.68. The molecular formula is C8H18N2O8. The molecule has 0 aliphatic heterocycles. The lowest BCUT2D eigenvalue weighted by Crippen LogP contribution is -2.25. The summed E-state index contributed by atoms with van der Waals surface area (Å²) in [6, 6.07) is 0. The molecule has 0 heterocycles. The topological polar surface area (TPSA) is 167 Å². The molecule has 10 nitrogen and oxygen atoms in total. The summed E-state index contributed by atoms with van der Waals surface area (Å²) >= 11 is 0. The highest BCUT2D eigenvalue weighted by Crippen LogP contribution is 2.28. The SMILES string of the molecule is O=[N+]([O-])O.O=[N+]([O-])O.OC[C@@H]1CCCC[C@@H]1CO. The van der Waals surface area contributed by atoms with Gasteiger partial charge < -0.3 is 20.6 Å². The number of aliphatic hydroxyl groups is 2. The minimum atomic E-state index is -1.50. The van der Waals surface area contributed by atoms with Gasteiger partial charge >= 0.3 is 0 Å². The van der Waals surface area contributed by atoms with Gasteiger partial charge in [0.05, 0.1) is 0 Å². The van der Waals surface area contributed by atoms with E-state index < -0.39 is 10.2 Å². The second-order valence-electron chi connectivity index (χ2n) is 3.65. The van der Waals surface area contributed by atoms with E-state index in [1.165, 1.54) is 12.8 Å². The first-order chi connectivity index (χ1) is 8.34. The van der Waals surface area contributed by atoms with Crippen molar-refractivity contribution in [1.29, 1.82) is 0 Å². The molecule has 0 aromatic heterocycles. The maximum atomic E-state index is 8.88.